The number of carbonyl (C=O) groups excluding carboxylic acids is 2. The Morgan fingerprint density at radius 2 is 1.84 bits per heavy atom. The number of nitrogens with zero attached hydrogens (tertiary/aromatic N) is 2. The van der Waals surface area contributed by atoms with Gasteiger partial charge >= 0.3 is 0 Å². The summed E-state index contributed by atoms with van der Waals surface area (Å²) in [6.45, 7) is 5.14. The van der Waals surface area contributed by atoms with Crippen LogP contribution in [0.4, 0.5) is 4.39 Å². The molecular formula is C17H16Cl2FN3O2. The Labute approximate surface area is 154 Å². The van der Waals surface area contributed by atoms with Crippen LogP contribution in [-0.2, 0) is 0 Å². The summed E-state index contributed by atoms with van der Waals surface area (Å²) in [5.74, 6) is -2.12. The molecule has 2 aromatic rings. The van der Waals surface area contributed by atoms with Crippen LogP contribution in [0, 0.1) is 5.82 Å². The smallest absolute Gasteiger partial charge is 0.267 e. The Balaban J connectivity index is 2.36. The van der Waals surface area contributed by atoms with Gasteiger partial charge in [-0.3, -0.25) is 15.0 Å². The summed E-state index contributed by atoms with van der Waals surface area (Å²) in [6.07, 6.45) is 1.44. The highest BCUT2D eigenvalue weighted by molar-refractivity contribution is 6.32. The van der Waals surface area contributed by atoms with Crippen LogP contribution in [-0.4, -0.2) is 27.3 Å². The molecule has 0 spiro atoms. The van der Waals surface area contributed by atoms with E-state index < -0.39 is 23.2 Å². The average Bonchev–Trinajstić information content (AvgIpc) is 2.53. The second-order valence-electron chi connectivity index (χ2n) is 6.22. The van der Waals surface area contributed by atoms with Crippen molar-refractivity contribution in [1.82, 2.24) is 15.4 Å². The minimum Gasteiger partial charge on any atom is -0.267 e. The summed E-state index contributed by atoms with van der Waals surface area (Å²) >= 11 is 11.8. The summed E-state index contributed by atoms with van der Waals surface area (Å²) in [5, 5.41) is 1.29. The average molecular weight is 384 g/mol. The summed E-state index contributed by atoms with van der Waals surface area (Å²) in [7, 11) is 0. The molecule has 5 nitrogen and oxygen atoms in total. The maximum Gasteiger partial charge on any atom is 0.275 e. The lowest BCUT2D eigenvalue weighted by atomic mass is 10.1. The number of hydrogen-bond donors (Lipinski definition) is 1. The SMILES string of the molecule is CC(C)(C)N(NC(=O)c1cc(Cl)ccc1F)C(=O)c1cccnc1Cl. The monoisotopic (exact) mass is 383 g/mol. The third-order valence-corrected chi connectivity index (χ3v) is 3.79. The molecular weight excluding hydrogens is 368 g/mol. The Morgan fingerprint density at radius 1 is 1.16 bits per heavy atom. The highest BCUT2D eigenvalue weighted by Crippen LogP contribution is 2.21. The van der Waals surface area contributed by atoms with E-state index in [0.717, 1.165) is 11.1 Å². The second kappa shape index (κ2) is 7.37. The zero-order chi connectivity index (χ0) is 18.8. The molecule has 0 aliphatic rings. The van der Waals surface area contributed by atoms with Gasteiger partial charge in [0.15, 0.2) is 0 Å². The van der Waals surface area contributed by atoms with Gasteiger partial charge in [0.1, 0.15) is 11.0 Å². The third-order valence-electron chi connectivity index (χ3n) is 3.25. The number of hydrazine groups is 1. The Kier molecular flexibility index (Phi) is 5.65. The quantitative estimate of drug-likeness (QED) is 0.626. The van der Waals surface area contributed by atoms with E-state index in [2.05, 4.69) is 10.4 Å². The van der Waals surface area contributed by atoms with Gasteiger partial charge in [-0.25, -0.2) is 14.4 Å². The van der Waals surface area contributed by atoms with Gasteiger partial charge in [0.05, 0.1) is 16.7 Å². The van der Waals surface area contributed by atoms with Crippen molar-refractivity contribution in [3.8, 4) is 0 Å². The fourth-order valence-corrected chi connectivity index (χ4v) is 2.39. The zero-order valence-corrected chi connectivity index (χ0v) is 15.3. The van der Waals surface area contributed by atoms with Gasteiger partial charge in [-0.1, -0.05) is 23.2 Å². The predicted octanol–water partition coefficient (Wildman–Crippen LogP) is 4.11. The lowest BCUT2D eigenvalue weighted by Gasteiger charge is -2.35. The first-order chi connectivity index (χ1) is 11.6. The van der Waals surface area contributed by atoms with Crippen molar-refractivity contribution < 1.29 is 14.0 Å². The molecule has 0 saturated heterocycles. The zero-order valence-electron chi connectivity index (χ0n) is 13.8. The number of amides is 2. The first-order valence-corrected chi connectivity index (χ1v) is 8.08. The van der Waals surface area contributed by atoms with Crippen LogP contribution in [0.1, 0.15) is 41.5 Å². The third kappa shape index (κ3) is 4.46. The van der Waals surface area contributed by atoms with Gasteiger partial charge in [0, 0.05) is 11.2 Å². The largest absolute Gasteiger partial charge is 0.275 e. The molecule has 0 aliphatic heterocycles. The lowest BCUT2D eigenvalue weighted by Crippen LogP contribution is -2.56. The summed E-state index contributed by atoms with van der Waals surface area (Å²) in [5.41, 5.74) is 1.47. The summed E-state index contributed by atoms with van der Waals surface area (Å²) in [4.78, 5) is 29.1. The molecule has 8 heteroatoms. The minimum absolute atomic E-state index is 0.00457. The van der Waals surface area contributed by atoms with Gasteiger partial charge in [-0.15, -0.1) is 0 Å². The first kappa shape index (κ1) is 19.1. The van der Waals surface area contributed by atoms with Crippen LogP contribution in [0.5, 0.6) is 0 Å². The minimum atomic E-state index is -0.805. The molecule has 1 aromatic carbocycles. The number of rotatable bonds is 2. The topological polar surface area (TPSA) is 62.3 Å². The van der Waals surface area contributed by atoms with E-state index in [1.54, 1.807) is 26.8 Å². The van der Waals surface area contributed by atoms with E-state index in [1.807, 2.05) is 0 Å². The summed E-state index contributed by atoms with van der Waals surface area (Å²) < 4.78 is 13.9. The number of nitrogens with one attached hydrogen (secondary N) is 1. The number of halogens is 3. The Hall–Kier alpha value is -2.18. The molecule has 0 radical (unpaired) electrons. The van der Waals surface area contributed by atoms with Crippen molar-refractivity contribution in [1.29, 1.82) is 0 Å². The van der Waals surface area contributed by atoms with Gasteiger partial charge in [-0.05, 0) is 51.1 Å². The molecule has 0 atom stereocenters. The van der Waals surface area contributed by atoms with E-state index in [-0.39, 0.29) is 21.3 Å². The van der Waals surface area contributed by atoms with E-state index in [0.29, 0.717) is 0 Å². The van der Waals surface area contributed by atoms with Gasteiger partial charge < -0.3 is 0 Å². The van der Waals surface area contributed by atoms with Crippen LogP contribution in [0.25, 0.3) is 0 Å². The van der Waals surface area contributed by atoms with Gasteiger partial charge in [-0.2, -0.15) is 0 Å². The molecule has 0 bridgehead atoms. The van der Waals surface area contributed by atoms with Crippen LogP contribution >= 0.6 is 23.2 Å². The highest BCUT2D eigenvalue weighted by atomic mass is 35.5. The van der Waals surface area contributed by atoms with Crippen LogP contribution in [0.15, 0.2) is 36.5 Å². The molecule has 1 N–H and O–H groups in total. The van der Waals surface area contributed by atoms with Crippen LogP contribution in [0.2, 0.25) is 10.2 Å². The summed E-state index contributed by atoms with van der Waals surface area (Å²) in [6, 6.07) is 6.64. The van der Waals surface area contributed by atoms with Crippen LogP contribution in [0.3, 0.4) is 0 Å². The van der Waals surface area contributed by atoms with E-state index in [1.165, 1.54) is 24.4 Å². The fraction of sp³-hybridized carbons (Fsp3) is 0.235. The second-order valence-corrected chi connectivity index (χ2v) is 7.01. The molecule has 25 heavy (non-hydrogen) atoms. The lowest BCUT2D eigenvalue weighted by molar-refractivity contribution is 0.0357. The normalized spacial score (nSPS) is 11.1. The van der Waals surface area contributed by atoms with Crippen molar-refractivity contribution in [2.45, 2.75) is 26.3 Å². The van der Waals surface area contributed by atoms with Crippen molar-refractivity contribution >= 4 is 35.0 Å². The first-order valence-electron chi connectivity index (χ1n) is 7.32. The number of hydrogen-bond acceptors (Lipinski definition) is 3. The maximum absolute atomic E-state index is 13.9. The molecule has 0 unspecified atom stereocenters. The molecule has 2 rings (SSSR count). The van der Waals surface area contributed by atoms with Gasteiger partial charge in [0.2, 0.25) is 0 Å². The number of carbonyl (C=O) groups is 2. The van der Waals surface area contributed by atoms with E-state index in [9.17, 15) is 14.0 Å². The maximum atomic E-state index is 13.9. The van der Waals surface area contributed by atoms with Crippen molar-refractivity contribution in [3.05, 3.63) is 63.6 Å². The molecule has 1 heterocycles. The number of benzene rings is 1. The number of aromatic nitrogens is 1. The van der Waals surface area contributed by atoms with E-state index in [4.69, 9.17) is 23.2 Å². The Bertz CT molecular complexity index is 822. The molecule has 0 saturated carbocycles. The highest BCUT2D eigenvalue weighted by Gasteiger charge is 2.31. The molecule has 1 aromatic heterocycles. The predicted molar refractivity (Wildman–Crippen MR) is 94.0 cm³/mol. The molecule has 132 valence electrons. The van der Waals surface area contributed by atoms with Gasteiger partial charge in [0.25, 0.3) is 11.8 Å². The Morgan fingerprint density at radius 3 is 2.44 bits per heavy atom. The number of pyridine rings is 1. The molecule has 2 amide bonds. The van der Waals surface area contributed by atoms with Crippen molar-refractivity contribution in [2.75, 3.05) is 0 Å². The fourth-order valence-electron chi connectivity index (χ4n) is 2.02. The van der Waals surface area contributed by atoms with E-state index >= 15 is 0 Å². The standard InChI is InChI=1S/C17H16Cl2FN3O2/c1-17(2,3)23(16(25)11-5-4-8-21-14(11)19)22-15(24)12-9-10(18)6-7-13(12)20/h4-9H,1-3H3,(H,22,24). The van der Waals surface area contributed by atoms with Crippen molar-refractivity contribution in [2.24, 2.45) is 0 Å². The molecule has 0 fully saturated rings. The molecule has 0 aliphatic carbocycles. The van der Waals surface area contributed by atoms with Crippen LogP contribution < -0.4 is 5.43 Å². The van der Waals surface area contributed by atoms with Crippen molar-refractivity contribution in [3.63, 3.8) is 0 Å².